The number of benzene rings is 2. The number of ether oxygens (including phenoxy) is 1. The highest BCUT2D eigenvalue weighted by Gasteiger charge is 2.24. The summed E-state index contributed by atoms with van der Waals surface area (Å²) >= 11 is 0. The Labute approximate surface area is 197 Å². The number of carboxylic acids is 1. The predicted octanol–water partition coefficient (Wildman–Crippen LogP) is 3.08. The highest BCUT2D eigenvalue weighted by atomic mass is 16.5. The third kappa shape index (κ3) is 5.61. The Hall–Kier alpha value is -4.14. The molecule has 0 unspecified atom stereocenters. The summed E-state index contributed by atoms with van der Waals surface area (Å²) in [5.41, 5.74) is 2.08. The van der Waals surface area contributed by atoms with Gasteiger partial charge in [0.05, 0.1) is 18.9 Å². The van der Waals surface area contributed by atoms with Gasteiger partial charge in [-0.3, -0.25) is 9.69 Å². The van der Waals surface area contributed by atoms with E-state index in [4.69, 9.17) is 4.74 Å². The normalized spacial score (nSPS) is 11.5. The van der Waals surface area contributed by atoms with Crippen molar-refractivity contribution in [3.05, 3.63) is 76.7 Å². The minimum absolute atomic E-state index is 0.0849. The van der Waals surface area contributed by atoms with Crippen molar-refractivity contribution in [1.29, 1.82) is 0 Å². The maximum absolute atomic E-state index is 12.9. The molecule has 0 fully saturated rings. The van der Waals surface area contributed by atoms with Gasteiger partial charge in [0.25, 0.3) is 5.56 Å². The van der Waals surface area contributed by atoms with E-state index in [1.54, 1.807) is 43.4 Å². The van der Waals surface area contributed by atoms with Crippen LogP contribution >= 0.6 is 0 Å². The van der Waals surface area contributed by atoms with Gasteiger partial charge in [0.15, 0.2) is 5.75 Å². The smallest absolute Gasteiger partial charge is 0.326 e. The first-order valence-corrected chi connectivity index (χ1v) is 10.9. The highest BCUT2D eigenvalue weighted by molar-refractivity contribution is 5.94. The van der Waals surface area contributed by atoms with Crippen LogP contribution in [0.3, 0.4) is 0 Å². The third-order valence-electron chi connectivity index (χ3n) is 5.36. The molecule has 3 rings (SSSR count). The molecule has 3 aromatic rings. The number of nitrogens with zero attached hydrogens (tertiary/aromatic N) is 3. The van der Waals surface area contributed by atoms with E-state index in [1.165, 1.54) is 22.9 Å². The molecule has 9 nitrogen and oxygen atoms in total. The summed E-state index contributed by atoms with van der Waals surface area (Å²) in [5, 5.41) is 16.3. The van der Waals surface area contributed by atoms with Gasteiger partial charge in [0, 0.05) is 25.7 Å². The van der Waals surface area contributed by atoms with Crippen LogP contribution in [0.5, 0.6) is 5.75 Å². The number of hydrogen-bond acceptors (Lipinski definition) is 5. The largest absolute Gasteiger partial charge is 0.494 e. The molecule has 0 radical (unpaired) electrons. The number of amides is 2. The van der Waals surface area contributed by atoms with Crippen LogP contribution in [-0.4, -0.2) is 46.6 Å². The summed E-state index contributed by atoms with van der Waals surface area (Å²) < 4.78 is 6.50. The molecular weight excluding hydrogens is 436 g/mol. The van der Waals surface area contributed by atoms with Crippen molar-refractivity contribution in [1.82, 2.24) is 15.1 Å². The van der Waals surface area contributed by atoms with E-state index < -0.39 is 18.0 Å². The third-order valence-corrected chi connectivity index (χ3v) is 5.36. The van der Waals surface area contributed by atoms with Crippen LogP contribution in [0.25, 0.3) is 11.1 Å². The Morgan fingerprint density at radius 1 is 1.15 bits per heavy atom. The number of hydrogen-bond donors (Lipinski definition) is 2. The van der Waals surface area contributed by atoms with Crippen molar-refractivity contribution in [2.45, 2.75) is 25.8 Å². The number of aromatic nitrogens is 2. The van der Waals surface area contributed by atoms with E-state index in [-0.39, 0.29) is 12.0 Å². The van der Waals surface area contributed by atoms with Gasteiger partial charge in [0.1, 0.15) is 6.04 Å². The first-order valence-electron chi connectivity index (χ1n) is 10.9. The molecule has 0 bridgehead atoms. The Kier molecular flexibility index (Phi) is 8.02. The quantitative estimate of drug-likeness (QED) is 0.503. The number of aliphatic carboxylic acids is 1. The summed E-state index contributed by atoms with van der Waals surface area (Å²) in [7, 11) is 3.02. The molecule has 9 heteroatoms. The van der Waals surface area contributed by atoms with Crippen molar-refractivity contribution in [3.8, 4) is 16.9 Å². The van der Waals surface area contributed by atoms with Crippen LogP contribution in [0.15, 0.2) is 65.6 Å². The van der Waals surface area contributed by atoms with Crippen molar-refractivity contribution < 1.29 is 19.4 Å². The number of carbonyl (C=O) groups excluding carboxylic acids is 1. The van der Waals surface area contributed by atoms with Gasteiger partial charge in [-0.1, -0.05) is 49.4 Å². The number of nitrogens with one attached hydrogen (secondary N) is 1. The summed E-state index contributed by atoms with van der Waals surface area (Å²) in [6.07, 6.45) is 2.27. The van der Waals surface area contributed by atoms with Gasteiger partial charge in [-0.05, 0) is 29.7 Å². The lowest BCUT2D eigenvalue weighted by Crippen LogP contribution is -2.49. The number of para-hydroxylation sites is 1. The van der Waals surface area contributed by atoms with Crippen LogP contribution < -0.4 is 20.5 Å². The number of carboxylic acid groups (broad SMARTS) is 1. The zero-order valence-electron chi connectivity index (χ0n) is 19.4. The fourth-order valence-electron chi connectivity index (χ4n) is 3.59. The van der Waals surface area contributed by atoms with Crippen molar-refractivity contribution in [2.75, 3.05) is 18.6 Å². The second kappa shape index (κ2) is 11.1. The maximum Gasteiger partial charge on any atom is 0.326 e. The Bertz CT molecular complexity index is 1190. The van der Waals surface area contributed by atoms with Crippen molar-refractivity contribution >= 4 is 17.7 Å². The minimum Gasteiger partial charge on any atom is -0.494 e. The molecule has 1 atom stereocenters. The molecule has 0 aliphatic rings. The number of aryl methyl sites for hydroxylation is 1. The van der Waals surface area contributed by atoms with Gasteiger partial charge in [-0.15, -0.1) is 0 Å². The summed E-state index contributed by atoms with van der Waals surface area (Å²) in [6.45, 7) is 2.41. The van der Waals surface area contributed by atoms with E-state index in [0.717, 1.165) is 6.42 Å². The number of carbonyl (C=O) groups is 2. The molecule has 2 N–H and O–H groups in total. The lowest BCUT2D eigenvalue weighted by Gasteiger charge is -2.25. The zero-order chi connectivity index (χ0) is 24.7. The van der Waals surface area contributed by atoms with Crippen LogP contribution in [-0.2, 0) is 18.3 Å². The van der Waals surface area contributed by atoms with E-state index in [0.29, 0.717) is 34.7 Å². The molecular formula is C25H28N4O5. The zero-order valence-corrected chi connectivity index (χ0v) is 19.4. The van der Waals surface area contributed by atoms with Crippen molar-refractivity contribution in [2.24, 2.45) is 7.05 Å². The summed E-state index contributed by atoms with van der Waals surface area (Å²) in [5.74, 6) is -0.782. The van der Waals surface area contributed by atoms with Gasteiger partial charge in [0.2, 0.25) is 0 Å². The number of urea groups is 1. The molecule has 0 aliphatic carbocycles. The Morgan fingerprint density at radius 2 is 1.82 bits per heavy atom. The number of anilines is 1. The molecule has 0 aliphatic heterocycles. The molecule has 0 spiro atoms. The topological polar surface area (TPSA) is 114 Å². The van der Waals surface area contributed by atoms with Gasteiger partial charge in [-0.2, -0.15) is 5.10 Å². The van der Waals surface area contributed by atoms with Crippen LogP contribution in [0.4, 0.5) is 10.5 Å². The molecule has 1 aromatic heterocycles. The first-order chi connectivity index (χ1) is 16.3. The molecule has 2 amide bonds. The van der Waals surface area contributed by atoms with Crippen LogP contribution in [0.1, 0.15) is 18.9 Å². The van der Waals surface area contributed by atoms with E-state index in [1.807, 2.05) is 25.1 Å². The fraction of sp³-hybridized carbons (Fsp3) is 0.280. The highest BCUT2D eigenvalue weighted by Crippen LogP contribution is 2.25. The second-order valence-corrected chi connectivity index (χ2v) is 7.75. The Balaban J connectivity index is 1.79. The summed E-state index contributed by atoms with van der Waals surface area (Å²) in [4.78, 5) is 38.9. The number of rotatable bonds is 9. The monoisotopic (exact) mass is 464 g/mol. The maximum atomic E-state index is 12.9. The molecule has 0 saturated heterocycles. The second-order valence-electron chi connectivity index (χ2n) is 7.75. The number of methoxy groups -OCH3 is 1. The van der Waals surface area contributed by atoms with Gasteiger partial charge in [-0.25, -0.2) is 14.3 Å². The summed E-state index contributed by atoms with van der Waals surface area (Å²) in [6, 6.07) is 14.4. The average Bonchev–Trinajstić information content (AvgIpc) is 2.84. The average molecular weight is 465 g/mol. The fourth-order valence-corrected chi connectivity index (χ4v) is 3.59. The standard InChI is InChI=1S/C25H28N4O5/c1-4-14-29(19-8-6-5-7-9-19)25(33)27-20(24(31)32)15-17-10-12-18(13-11-17)22-21(34-3)16-26-28(2)23(22)30/h5-13,16,20H,4,14-15H2,1-3H3,(H,27,33)(H,31,32)/t20-/m0/s1. The first kappa shape index (κ1) is 24.5. The van der Waals surface area contributed by atoms with Crippen LogP contribution in [0.2, 0.25) is 0 Å². The minimum atomic E-state index is -1.13. The molecule has 2 aromatic carbocycles. The van der Waals surface area contributed by atoms with E-state index in [2.05, 4.69) is 10.4 Å². The molecule has 0 saturated carbocycles. The van der Waals surface area contributed by atoms with E-state index >= 15 is 0 Å². The van der Waals surface area contributed by atoms with Crippen molar-refractivity contribution in [3.63, 3.8) is 0 Å². The van der Waals surface area contributed by atoms with Gasteiger partial charge >= 0.3 is 12.0 Å². The lowest BCUT2D eigenvalue weighted by molar-refractivity contribution is -0.139. The van der Waals surface area contributed by atoms with Gasteiger partial charge < -0.3 is 15.2 Å². The van der Waals surface area contributed by atoms with E-state index in [9.17, 15) is 19.5 Å². The lowest BCUT2D eigenvalue weighted by atomic mass is 10.0. The Morgan fingerprint density at radius 3 is 2.41 bits per heavy atom. The SMILES string of the molecule is CCCN(C(=O)N[C@@H](Cc1ccc(-c2c(OC)cnn(C)c2=O)cc1)C(=O)O)c1ccccc1. The predicted molar refractivity (Wildman–Crippen MR) is 129 cm³/mol. The molecule has 34 heavy (non-hydrogen) atoms. The molecule has 178 valence electrons. The molecule has 1 heterocycles. The van der Waals surface area contributed by atoms with Crippen LogP contribution in [0, 0.1) is 0 Å².